The molecule has 178 valence electrons. The zero-order valence-electron chi connectivity index (χ0n) is 17.9. The maximum atomic E-state index is 12.7. The van der Waals surface area contributed by atoms with Gasteiger partial charge in [0.2, 0.25) is 0 Å². The van der Waals surface area contributed by atoms with Crippen molar-refractivity contribution in [1.29, 1.82) is 0 Å². The van der Waals surface area contributed by atoms with E-state index in [0.29, 0.717) is 0 Å². The molecular formula is C22H30O10. The zero-order chi connectivity index (χ0) is 23.0. The third kappa shape index (κ3) is 4.89. The van der Waals surface area contributed by atoms with Crippen molar-refractivity contribution in [3.8, 4) is 0 Å². The fraction of sp³-hybridized carbons (Fsp3) is 0.682. The molecule has 3 saturated heterocycles. The molecule has 3 aliphatic heterocycles. The number of hydrogen-bond acceptors (Lipinski definition) is 10. The number of hydrogen-bond donors (Lipinski definition) is 4. The standard InChI is InChI=1S/C22H30O10/c1-22(2)31-20-19(28-9-11-6-4-3-5-7-11)18(30-21(20)32-22)13(24)8-12(23)17-16(27)15(26)14(25)10-29-17/h3-7,13-21,24-27H,8-10H2,1-2H3/t13-,14-,15+,16-,17+,18-,19+,20-,21-/m1/s1. The summed E-state index contributed by atoms with van der Waals surface area (Å²) in [4.78, 5) is 12.7. The number of benzene rings is 1. The molecular weight excluding hydrogens is 424 g/mol. The summed E-state index contributed by atoms with van der Waals surface area (Å²) in [6.45, 7) is 3.45. The summed E-state index contributed by atoms with van der Waals surface area (Å²) < 4.78 is 28.8. The van der Waals surface area contributed by atoms with Crippen LogP contribution in [0.4, 0.5) is 0 Å². The number of fused-ring (bicyclic) bond motifs is 1. The van der Waals surface area contributed by atoms with Crippen molar-refractivity contribution < 1.29 is 48.9 Å². The number of aliphatic hydroxyl groups is 4. The molecule has 0 aromatic heterocycles. The van der Waals surface area contributed by atoms with Crippen molar-refractivity contribution in [2.24, 2.45) is 0 Å². The molecule has 0 radical (unpaired) electrons. The van der Waals surface area contributed by atoms with Crippen LogP contribution in [0.1, 0.15) is 25.8 Å². The van der Waals surface area contributed by atoms with Crippen LogP contribution in [0.3, 0.4) is 0 Å². The van der Waals surface area contributed by atoms with Crippen LogP contribution in [0, 0.1) is 0 Å². The molecule has 0 aliphatic carbocycles. The molecule has 3 heterocycles. The van der Waals surface area contributed by atoms with E-state index in [2.05, 4.69) is 0 Å². The van der Waals surface area contributed by atoms with E-state index in [1.807, 2.05) is 30.3 Å². The molecule has 4 rings (SSSR count). The lowest BCUT2D eigenvalue weighted by Gasteiger charge is -2.35. The number of carbonyl (C=O) groups is 1. The van der Waals surface area contributed by atoms with Gasteiger partial charge in [0.15, 0.2) is 17.9 Å². The van der Waals surface area contributed by atoms with Gasteiger partial charge in [0.1, 0.15) is 42.7 Å². The van der Waals surface area contributed by atoms with Gasteiger partial charge in [0, 0.05) is 6.42 Å². The average Bonchev–Trinajstić information content (AvgIpc) is 3.23. The molecule has 10 nitrogen and oxygen atoms in total. The van der Waals surface area contributed by atoms with E-state index in [0.717, 1.165) is 5.56 Å². The van der Waals surface area contributed by atoms with Crippen molar-refractivity contribution in [3.63, 3.8) is 0 Å². The Bertz CT molecular complexity index is 786. The number of rotatable bonds is 7. The lowest BCUT2D eigenvalue weighted by molar-refractivity contribution is -0.231. The Kier molecular flexibility index (Phi) is 6.97. The monoisotopic (exact) mass is 454 g/mol. The lowest BCUT2D eigenvalue weighted by Crippen LogP contribution is -2.56. The van der Waals surface area contributed by atoms with Gasteiger partial charge in [-0.2, -0.15) is 0 Å². The van der Waals surface area contributed by atoms with Gasteiger partial charge in [-0.1, -0.05) is 30.3 Å². The lowest BCUT2D eigenvalue weighted by atomic mass is 9.93. The van der Waals surface area contributed by atoms with Crippen LogP contribution in [0.5, 0.6) is 0 Å². The molecule has 0 spiro atoms. The van der Waals surface area contributed by atoms with Crippen LogP contribution in [0.2, 0.25) is 0 Å². The number of Topliss-reactive ketones (excluding diaryl/α,β-unsaturated/α-hetero) is 1. The van der Waals surface area contributed by atoms with Crippen LogP contribution in [-0.4, -0.2) is 93.7 Å². The predicted molar refractivity (Wildman–Crippen MR) is 107 cm³/mol. The smallest absolute Gasteiger partial charge is 0.190 e. The molecule has 4 N–H and O–H groups in total. The van der Waals surface area contributed by atoms with Crippen LogP contribution >= 0.6 is 0 Å². The van der Waals surface area contributed by atoms with Crippen LogP contribution in [-0.2, 0) is 35.1 Å². The van der Waals surface area contributed by atoms with E-state index in [4.69, 9.17) is 23.7 Å². The third-order valence-corrected chi connectivity index (χ3v) is 5.92. The molecule has 9 atom stereocenters. The molecule has 0 bridgehead atoms. The molecule has 1 aromatic carbocycles. The SMILES string of the molecule is CC1(C)O[C@H]2O[C@H]([C@H](O)CC(=O)[C@@H]3OC[C@@H](O)[C@H](O)[C@H]3O)[C@H](OCc3ccccc3)[C@H]2O1. The predicted octanol–water partition coefficient (Wildman–Crippen LogP) is -0.750. The fourth-order valence-corrected chi connectivity index (χ4v) is 4.30. The topological polar surface area (TPSA) is 144 Å². The summed E-state index contributed by atoms with van der Waals surface area (Å²) in [5, 5.41) is 40.3. The summed E-state index contributed by atoms with van der Waals surface area (Å²) in [5.41, 5.74) is 0.921. The second-order valence-electron chi connectivity index (χ2n) is 8.87. The van der Waals surface area contributed by atoms with E-state index < -0.39 is 73.1 Å². The second kappa shape index (κ2) is 9.41. The molecule has 10 heteroatoms. The normalized spacial score (nSPS) is 39.6. The largest absolute Gasteiger partial charge is 0.390 e. The highest BCUT2D eigenvalue weighted by molar-refractivity contribution is 5.84. The number of aliphatic hydroxyl groups excluding tert-OH is 4. The average molecular weight is 454 g/mol. The quantitative estimate of drug-likeness (QED) is 0.415. The Morgan fingerprint density at radius 2 is 1.88 bits per heavy atom. The van der Waals surface area contributed by atoms with Crippen molar-refractivity contribution in [1.82, 2.24) is 0 Å². The molecule has 3 fully saturated rings. The molecule has 32 heavy (non-hydrogen) atoms. The van der Waals surface area contributed by atoms with Crippen LogP contribution in [0.15, 0.2) is 30.3 Å². The van der Waals surface area contributed by atoms with Gasteiger partial charge in [0.05, 0.1) is 19.3 Å². The zero-order valence-corrected chi connectivity index (χ0v) is 17.9. The van der Waals surface area contributed by atoms with Crippen molar-refractivity contribution >= 4 is 5.78 Å². The number of carbonyl (C=O) groups excluding carboxylic acids is 1. The van der Waals surface area contributed by atoms with Gasteiger partial charge in [-0.3, -0.25) is 4.79 Å². The van der Waals surface area contributed by atoms with E-state index in [1.165, 1.54) is 0 Å². The van der Waals surface area contributed by atoms with Gasteiger partial charge in [-0.05, 0) is 19.4 Å². The van der Waals surface area contributed by atoms with Crippen molar-refractivity contribution in [2.75, 3.05) is 6.61 Å². The van der Waals surface area contributed by atoms with Crippen molar-refractivity contribution in [3.05, 3.63) is 35.9 Å². The minimum Gasteiger partial charge on any atom is -0.390 e. The summed E-state index contributed by atoms with van der Waals surface area (Å²) in [5.74, 6) is -1.51. The molecule has 1 aromatic rings. The Labute approximate surface area is 185 Å². The van der Waals surface area contributed by atoms with Crippen molar-refractivity contribution in [2.45, 2.75) is 87.8 Å². The maximum Gasteiger partial charge on any atom is 0.190 e. The maximum absolute atomic E-state index is 12.7. The minimum atomic E-state index is -1.60. The second-order valence-corrected chi connectivity index (χ2v) is 8.87. The Morgan fingerprint density at radius 3 is 2.59 bits per heavy atom. The summed E-state index contributed by atoms with van der Waals surface area (Å²) in [6, 6.07) is 9.47. The first-order valence-corrected chi connectivity index (χ1v) is 10.7. The molecule has 3 aliphatic rings. The summed E-state index contributed by atoms with van der Waals surface area (Å²) in [6.07, 6.45) is -10.5. The third-order valence-electron chi connectivity index (χ3n) is 5.92. The number of ketones is 1. The Morgan fingerprint density at radius 1 is 1.16 bits per heavy atom. The Hall–Kier alpha value is -1.47. The Balaban J connectivity index is 1.43. The summed E-state index contributed by atoms with van der Waals surface area (Å²) >= 11 is 0. The molecule has 0 amide bonds. The number of ether oxygens (including phenoxy) is 5. The fourth-order valence-electron chi connectivity index (χ4n) is 4.30. The van der Waals surface area contributed by atoms with E-state index in [9.17, 15) is 25.2 Å². The van der Waals surface area contributed by atoms with Gasteiger partial charge in [0.25, 0.3) is 0 Å². The first-order chi connectivity index (χ1) is 15.2. The van der Waals surface area contributed by atoms with Gasteiger partial charge in [-0.25, -0.2) is 0 Å². The van der Waals surface area contributed by atoms with E-state index >= 15 is 0 Å². The molecule has 0 saturated carbocycles. The highest BCUT2D eigenvalue weighted by atomic mass is 16.8. The van der Waals surface area contributed by atoms with Crippen LogP contribution in [0.25, 0.3) is 0 Å². The molecule has 0 unspecified atom stereocenters. The van der Waals surface area contributed by atoms with Gasteiger partial charge in [-0.15, -0.1) is 0 Å². The first-order valence-electron chi connectivity index (χ1n) is 10.7. The first kappa shape index (κ1) is 23.7. The highest BCUT2D eigenvalue weighted by Gasteiger charge is 2.57. The van der Waals surface area contributed by atoms with E-state index in [-0.39, 0.29) is 13.2 Å². The minimum absolute atomic E-state index is 0.244. The summed E-state index contributed by atoms with van der Waals surface area (Å²) in [7, 11) is 0. The van der Waals surface area contributed by atoms with Crippen LogP contribution < -0.4 is 0 Å². The van der Waals surface area contributed by atoms with Gasteiger partial charge >= 0.3 is 0 Å². The highest BCUT2D eigenvalue weighted by Crippen LogP contribution is 2.40. The van der Waals surface area contributed by atoms with Gasteiger partial charge < -0.3 is 44.1 Å². The van der Waals surface area contributed by atoms with E-state index in [1.54, 1.807) is 13.8 Å².